The third-order valence-electron chi connectivity index (χ3n) is 7.13. The molecule has 36 heavy (non-hydrogen) atoms. The lowest BCUT2D eigenvalue weighted by atomic mass is 9.86. The van der Waals surface area contributed by atoms with E-state index in [1.165, 1.54) is 0 Å². The Bertz CT molecular complexity index is 1290. The zero-order valence-electron chi connectivity index (χ0n) is 20.1. The standard InChI is InChI=1S/C26H28N4O6/c1-33-18-3-4-21-20(13-18)24(28-16-27-21)29-8-6-26(32,7-9-29)14-19-15-30(25(31)36-19)17-2-5-22-23(12-17)35-11-10-34-22/h2-5,12-13,16,19,32H,6-11,14-15H2,1H3/t19-/m1/s1. The second-order valence-corrected chi connectivity index (χ2v) is 9.44. The number of fused-ring (bicyclic) bond motifs is 2. The molecule has 4 heterocycles. The third-order valence-corrected chi connectivity index (χ3v) is 7.13. The summed E-state index contributed by atoms with van der Waals surface area (Å²) in [5.74, 6) is 2.87. The van der Waals surface area contributed by atoms with Crippen LogP contribution in [-0.2, 0) is 4.74 Å². The Morgan fingerprint density at radius 2 is 1.89 bits per heavy atom. The van der Waals surface area contributed by atoms with E-state index in [4.69, 9.17) is 18.9 Å². The van der Waals surface area contributed by atoms with Crippen LogP contribution >= 0.6 is 0 Å². The van der Waals surface area contributed by atoms with Crippen LogP contribution in [0.1, 0.15) is 19.3 Å². The summed E-state index contributed by atoms with van der Waals surface area (Å²) in [6.07, 6.45) is 2.22. The zero-order chi connectivity index (χ0) is 24.7. The summed E-state index contributed by atoms with van der Waals surface area (Å²) in [7, 11) is 1.64. The molecule has 0 saturated carbocycles. The van der Waals surface area contributed by atoms with Gasteiger partial charge in [-0.3, -0.25) is 4.90 Å². The molecule has 3 aromatic rings. The van der Waals surface area contributed by atoms with Gasteiger partial charge in [-0.05, 0) is 43.2 Å². The van der Waals surface area contributed by atoms with Crippen LogP contribution in [0.2, 0.25) is 0 Å². The Morgan fingerprint density at radius 3 is 2.69 bits per heavy atom. The van der Waals surface area contributed by atoms with Crippen molar-refractivity contribution in [3.05, 3.63) is 42.7 Å². The number of nitrogens with zero attached hydrogens (tertiary/aromatic N) is 4. The lowest BCUT2D eigenvalue weighted by Gasteiger charge is -2.39. The van der Waals surface area contributed by atoms with Gasteiger partial charge >= 0.3 is 6.09 Å². The van der Waals surface area contributed by atoms with Crippen molar-refractivity contribution in [1.82, 2.24) is 9.97 Å². The first-order valence-corrected chi connectivity index (χ1v) is 12.2. The number of piperidine rings is 1. The molecule has 2 fully saturated rings. The van der Waals surface area contributed by atoms with E-state index in [1.54, 1.807) is 30.5 Å². The lowest BCUT2D eigenvalue weighted by Crippen LogP contribution is -2.47. The molecule has 2 saturated heterocycles. The topological polar surface area (TPSA) is 106 Å². The lowest BCUT2D eigenvalue weighted by molar-refractivity contribution is -0.0220. The van der Waals surface area contributed by atoms with Crippen molar-refractivity contribution >= 4 is 28.5 Å². The van der Waals surface area contributed by atoms with E-state index in [-0.39, 0.29) is 0 Å². The molecule has 0 radical (unpaired) electrons. The molecular formula is C26H28N4O6. The molecule has 188 valence electrons. The number of carbonyl (C=O) groups is 1. The Labute approximate surface area is 208 Å². The average molecular weight is 493 g/mol. The zero-order valence-corrected chi connectivity index (χ0v) is 20.1. The Hall–Kier alpha value is -3.79. The molecule has 1 aromatic heterocycles. The molecule has 0 spiro atoms. The summed E-state index contributed by atoms with van der Waals surface area (Å²) in [6.45, 7) is 2.63. The SMILES string of the molecule is COc1ccc2ncnc(N3CCC(O)(C[C@@H]4CN(c5ccc6c(c5)OCCO6)C(=O)O4)CC3)c2c1. The molecule has 1 N–H and O–H groups in total. The highest BCUT2D eigenvalue weighted by Crippen LogP contribution is 2.38. The quantitative estimate of drug-likeness (QED) is 0.575. The number of ether oxygens (including phenoxy) is 4. The minimum absolute atomic E-state index is 0.376. The van der Waals surface area contributed by atoms with Gasteiger partial charge in [-0.1, -0.05) is 0 Å². The molecule has 10 nitrogen and oxygen atoms in total. The fourth-order valence-electron chi connectivity index (χ4n) is 5.20. The van der Waals surface area contributed by atoms with Gasteiger partial charge in [0.1, 0.15) is 37.2 Å². The highest BCUT2D eigenvalue weighted by atomic mass is 16.6. The average Bonchev–Trinajstić information content (AvgIpc) is 3.27. The minimum atomic E-state index is -0.926. The fourth-order valence-corrected chi connectivity index (χ4v) is 5.20. The minimum Gasteiger partial charge on any atom is -0.497 e. The van der Waals surface area contributed by atoms with Crippen LogP contribution in [0.15, 0.2) is 42.7 Å². The van der Waals surface area contributed by atoms with E-state index in [2.05, 4.69) is 14.9 Å². The Morgan fingerprint density at radius 1 is 1.08 bits per heavy atom. The summed E-state index contributed by atoms with van der Waals surface area (Å²) in [4.78, 5) is 25.3. The summed E-state index contributed by atoms with van der Waals surface area (Å²) in [6, 6.07) is 11.2. The number of aromatic nitrogens is 2. The van der Waals surface area contributed by atoms with Crippen LogP contribution in [-0.4, -0.2) is 72.8 Å². The first kappa shape index (κ1) is 22.7. The number of carbonyl (C=O) groups excluding carboxylic acids is 1. The molecule has 6 rings (SSSR count). The second kappa shape index (κ2) is 9.02. The first-order chi connectivity index (χ1) is 17.5. The Balaban J connectivity index is 1.12. The number of methoxy groups -OCH3 is 1. The monoisotopic (exact) mass is 492 g/mol. The van der Waals surface area contributed by atoms with Gasteiger partial charge in [-0.25, -0.2) is 14.8 Å². The first-order valence-electron chi connectivity index (χ1n) is 12.2. The molecule has 0 bridgehead atoms. The summed E-state index contributed by atoms with van der Waals surface area (Å²) in [5.41, 5.74) is 0.614. The van der Waals surface area contributed by atoms with Crippen molar-refractivity contribution in [1.29, 1.82) is 0 Å². The molecule has 10 heteroatoms. The third kappa shape index (κ3) is 4.21. The molecule has 1 amide bonds. The van der Waals surface area contributed by atoms with Crippen LogP contribution in [0.4, 0.5) is 16.3 Å². The fraction of sp³-hybridized carbons (Fsp3) is 0.423. The van der Waals surface area contributed by atoms with Gasteiger partial charge in [-0.15, -0.1) is 0 Å². The van der Waals surface area contributed by atoms with E-state index in [1.807, 2.05) is 24.3 Å². The maximum Gasteiger partial charge on any atom is 0.414 e. The van der Waals surface area contributed by atoms with Crippen LogP contribution < -0.4 is 24.0 Å². The van der Waals surface area contributed by atoms with Crippen LogP contribution in [0.25, 0.3) is 10.9 Å². The van der Waals surface area contributed by atoms with Crippen molar-refractivity contribution in [2.24, 2.45) is 0 Å². The van der Waals surface area contributed by atoms with Crippen LogP contribution in [0, 0.1) is 0 Å². The van der Waals surface area contributed by atoms with Crippen LogP contribution in [0.3, 0.4) is 0 Å². The normalized spacial score (nSPS) is 20.9. The van der Waals surface area contributed by atoms with Gasteiger partial charge in [0.2, 0.25) is 0 Å². The Kier molecular flexibility index (Phi) is 5.67. The maximum absolute atomic E-state index is 12.6. The number of benzene rings is 2. The number of hydrogen-bond donors (Lipinski definition) is 1. The summed E-state index contributed by atoms with van der Waals surface area (Å²) >= 11 is 0. The van der Waals surface area contributed by atoms with Crippen molar-refractivity contribution < 1.29 is 28.8 Å². The number of amides is 1. The van der Waals surface area contributed by atoms with E-state index >= 15 is 0 Å². The van der Waals surface area contributed by atoms with Gasteiger partial charge < -0.3 is 29.0 Å². The smallest absolute Gasteiger partial charge is 0.414 e. The highest BCUT2D eigenvalue weighted by Gasteiger charge is 2.41. The van der Waals surface area contributed by atoms with Gasteiger partial charge in [0.15, 0.2) is 11.5 Å². The molecule has 3 aliphatic heterocycles. The number of anilines is 2. The summed E-state index contributed by atoms with van der Waals surface area (Å²) in [5, 5.41) is 12.3. The van der Waals surface area contributed by atoms with Crippen LogP contribution in [0.5, 0.6) is 17.2 Å². The van der Waals surface area contributed by atoms with Crippen molar-refractivity contribution in [2.45, 2.75) is 31.0 Å². The van der Waals surface area contributed by atoms with Gasteiger partial charge in [-0.2, -0.15) is 0 Å². The van der Waals surface area contributed by atoms with E-state index in [9.17, 15) is 9.90 Å². The molecular weight excluding hydrogens is 464 g/mol. The number of hydrogen-bond acceptors (Lipinski definition) is 9. The predicted octanol–water partition coefficient (Wildman–Crippen LogP) is 3.16. The van der Waals surface area contributed by atoms with E-state index in [0.29, 0.717) is 69.3 Å². The van der Waals surface area contributed by atoms with E-state index < -0.39 is 17.8 Å². The number of aliphatic hydroxyl groups is 1. The molecule has 2 aromatic carbocycles. The predicted molar refractivity (Wildman–Crippen MR) is 132 cm³/mol. The van der Waals surface area contributed by atoms with Crippen molar-refractivity contribution in [3.8, 4) is 17.2 Å². The molecule has 0 unspecified atom stereocenters. The largest absolute Gasteiger partial charge is 0.497 e. The molecule has 1 atom stereocenters. The van der Waals surface area contributed by atoms with E-state index in [0.717, 1.165) is 22.5 Å². The summed E-state index contributed by atoms with van der Waals surface area (Å²) < 4.78 is 22.2. The maximum atomic E-state index is 12.6. The van der Waals surface area contributed by atoms with Gasteiger partial charge in [0.25, 0.3) is 0 Å². The van der Waals surface area contributed by atoms with Crippen molar-refractivity contribution in [2.75, 3.05) is 49.8 Å². The number of rotatable bonds is 5. The van der Waals surface area contributed by atoms with Gasteiger partial charge in [0, 0.05) is 31.0 Å². The molecule has 0 aliphatic carbocycles. The van der Waals surface area contributed by atoms with Gasteiger partial charge in [0.05, 0.1) is 30.5 Å². The van der Waals surface area contributed by atoms with Crippen molar-refractivity contribution in [3.63, 3.8) is 0 Å². The second-order valence-electron chi connectivity index (χ2n) is 9.44. The highest BCUT2D eigenvalue weighted by molar-refractivity contribution is 5.91. The molecule has 3 aliphatic rings. The number of cyclic esters (lactones) is 1.